The molecule has 0 aliphatic carbocycles. The van der Waals surface area contributed by atoms with Crippen molar-refractivity contribution in [1.82, 2.24) is 4.98 Å². The van der Waals surface area contributed by atoms with Crippen LogP contribution in [0.3, 0.4) is 0 Å². The third kappa shape index (κ3) is 3.57. The lowest BCUT2D eigenvalue weighted by molar-refractivity contribution is -0.121. The number of halogens is 1. The van der Waals surface area contributed by atoms with Crippen LogP contribution >= 0.6 is 11.3 Å². The summed E-state index contributed by atoms with van der Waals surface area (Å²) in [4.78, 5) is 18.7. The molecule has 3 aromatic rings. The van der Waals surface area contributed by atoms with Crippen molar-refractivity contribution in [2.45, 2.75) is 26.3 Å². The zero-order chi connectivity index (χ0) is 18.8. The van der Waals surface area contributed by atoms with Crippen LogP contribution in [0.5, 0.6) is 5.75 Å². The van der Waals surface area contributed by atoms with E-state index in [-0.39, 0.29) is 24.9 Å². The zero-order valence-electron chi connectivity index (χ0n) is 14.9. The van der Waals surface area contributed by atoms with Crippen molar-refractivity contribution < 1.29 is 13.9 Å². The molecule has 0 fully saturated rings. The molecule has 0 unspecified atom stereocenters. The van der Waals surface area contributed by atoms with E-state index >= 15 is 0 Å². The van der Waals surface area contributed by atoms with Crippen molar-refractivity contribution in [3.05, 3.63) is 64.2 Å². The van der Waals surface area contributed by atoms with Gasteiger partial charge in [-0.05, 0) is 37.1 Å². The summed E-state index contributed by atoms with van der Waals surface area (Å²) in [7, 11) is 0. The van der Waals surface area contributed by atoms with E-state index in [0.29, 0.717) is 17.0 Å². The van der Waals surface area contributed by atoms with Gasteiger partial charge in [-0.1, -0.05) is 25.1 Å². The molecule has 0 atom stereocenters. The van der Waals surface area contributed by atoms with Crippen molar-refractivity contribution in [2.24, 2.45) is 0 Å². The van der Waals surface area contributed by atoms with Gasteiger partial charge in [0.25, 0.3) is 5.91 Å². The van der Waals surface area contributed by atoms with E-state index < -0.39 is 0 Å². The SMILES string of the molecule is CCCc1nc(-c2ccc3c(c2)N(Cc2ccccc2F)C(=O)CO3)cs1. The van der Waals surface area contributed by atoms with Gasteiger partial charge in [-0.15, -0.1) is 11.3 Å². The number of ether oxygens (including phenoxy) is 1. The van der Waals surface area contributed by atoms with E-state index in [1.165, 1.54) is 6.07 Å². The summed E-state index contributed by atoms with van der Waals surface area (Å²) in [6.07, 6.45) is 2.01. The number of hydrogen-bond acceptors (Lipinski definition) is 4. The number of benzene rings is 2. The van der Waals surface area contributed by atoms with Crippen LogP contribution in [0.25, 0.3) is 11.3 Å². The smallest absolute Gasteiger partial charge is 0.265 e. The number of amides is 1. The Morgan fingerprint density at radius 3 is 2.93 bits per heavy atom. The lowest BCUT2D eigenvalue weighted by Gasteiger charge is -2.30. The first-order valence-electron chi connectivity index (χ1n) is 8.91. The maximum absolute atomic E-state index is 14.1. The van der Waals surface area contributed by atoms with Gasteiger partial charge in [0.15, 0.2) is 6.61 Å². The molecule has 4 nitrogen and oxygen atoms in total. The van der Waals surface area contributed by atoms with E-state index in [0.717, 1.165) is 29.1 Å². The normalized spacial score (nSPS) is 13.4. The number of carbonyl (C=O) groups is 1. The van der Waals surface area contributed by atoms with Crippen LogP contribution in [0.4, 0.5) is 10.1 Å². The molecule has 0 spiro atoms. The van der Waals surface area contributed by atoms with Gasteiger partial charge >= 0.3 is 0 Å². The average Bonchev–Trinajstić information content (AvgIpc) is 3.14. The molecule has 1 aliphatic heterocycles. The fourth-order valence-corrected chi connectivity index (χ4v) is 4.01. The Kier molecular flexibility index (Phi) is 4.90. The minimum absolute atomic E-state index is 0.0435. The van der Waals surface area contributed by atoms with E-state index in [1.54, 1.807) is 34.4 Å². The maximum Gasteiger partial charge on any atom is 0.265 e. The van der Waals surface area contributed by atoms with Gasteiger partial charge in [-0.25, -0.2) is 9.37 Å². The topological polar surface area (TPSA) is 42.4 Å². The second-order valence-electron chi connectivity index (χ2n) is 6.42. The van der Waals surface area contributed by atoms with Crippen molar-refractivity contribution in [1.29, 1.82) is 0 Å². The number of thiazole rings is 1. The fraction of sp³-hybridized carbons (Fsp3) is 0.238. The van der Waals surface area contributed by atoms with Crippen LogP contribution in [-0.4, -0.2) is 17.5 Å². The van der Waals surface area contributed by atoms with E-state index in [9.17, 15) is 9.18 Å². The molecule has 6 heteroatoms. The number of hydrogen-bond donors (Lipinski definition) is 0. The molecule has 0 N–H and O–H groups in total. The standard InChI is InChI=1S/C21H19FN2O2S/c1-2-5-20-23-17(13-27-20)14-8-9-19-18(10-14)24(21(25)12-26-19)11-15-6-3-4-7-16(15)22/h3-4,6-10,13H,2,5,11-12H2,1H3. The summed E-state index contributed by atoms with van der Waals surface area (Å²) in [6, 6.07) is 12.2. The van der Waals surface area contributed by atoms with Crippen LogP contribution in [0.2, 0.25) is 0 Å². The first kappa shape index (κ1) is 17.7. The van der Waals surface area contributed by atoms with Crippen molar-refractivity contribution >= 4 is 22.9 Å². The van der Waals surface area contributed by atoms with E-state index in [2.05, 4.69) is 11.9 Å². The minimum atomic E-state index is -0.321. The molecule has 2 aromatic carbocycles. The van der Waals surface area contributed by atoms with Crippen molar-refractivity contribution in [2.75, 3.05) is 11.5 Å². The van der Waals surface area contributed by atoms with Crippen molar-refractivity contribution in [3.8, 4) is 17.0 Å². The summed E-state index contributed by atoms with van der Waals surface area (Å²) in [6.45, 7) is 2.26. The zero-order valence-corrected chi connectivity index (χ0v) is 15.8. The van der Waals surface area contributed by atoms with Gasteiger partial charge in [0.2, 0.25) is 0 Å². The number of carbonyl (C=O) groups excluding carboxylic acids is 1. The first-order valence-corrected chi connectivity index (χ1v) is 9.79. The lowest BCUT2D eigenvalue weighted by atomic mass is 10.1. The molecule has 1 aliphatic rings. The van der Waals surface area contributed by atoms with Crippen LogP contribution in [-0.2, 0) is 17.8 Å². The summed E-state index contributed by atoms with van der Waals surface area (Å²) in [5.74, 6) is 0.116. The molecule has 0 bridgehead atoms. The highest BCUT2D eigenvalue weighted by molar-refractivity contribution is 7.09. The van der Waals surface area contributed by atoms with Gasteiger partial charge in [0, 0.05) is 16.5 Å². The number of nitrogens with zero attached hydrogens (tertiary/aromatic N) is 2. The molecule has 1 amide bonds. The highest BCUT2D eigenvalue weighted by Gasteiger charge is 2.27. The van der Waals surface area contributed by atoms with Gasteiger partial charge in [0.05, 0.1) is 22.9 Å². The predicted molar refractivity (Wildman–Crippen MR) is 105 cm³/mol. The molecular weight excluding hydrogens is 363 g/mol. The highest BCUT2D eigenvalue weighted by atomic mass is 32.1. The Labute approximate surface area is 161 Å². The lowest BCUT2D eigenvalue weighted by Crippen LogP contribution is -2.38. The Balaban J connectivity index is 1.69. The molecule has 2 heterocycles. The average molecular weight is 382 g/mol. The van der Waals surface area contributed by atoms with Crippen LogP contribution < -0.4 is 9.64 Å². The highest BCUT2D eigenvalue weighted by Crippen LogP contribution is 2.37. The van der Waals surface area contributed by atoms with E-state index in [1.807, 2.05) is 23.6 Å². The molecule has 0 saturated heterocycles. The predicted octanol–water partition coefficient (Wildman–Crippen LogP) is 4.83. The molecule has 1 aromatic heterocycles. The fourth-order valence-electron chi connectivity index (χ4n) is 3.10. The second-order valence-corrected chi connectivity index (χ2v) is 7.36. The Morgan fingerprint density at radius 1 is 1.26 bits per heavy atom. The summed E-state index contributed by atoms with van der Waals surface area (Å²) >= 11 is 1.64. The monoisotopic (exact) mass is 382 g/mol. The summed E-state index contributed by atoms with van der Waals surface area (Å²) in [5.41, 5.74) is 2.93. The number of aromatic nitrogens is 1. The Morgan fingerprint density at radius 2 is 2.11 bits per heavy atom. The Bertz CT molecular complexity index is 986. The van der Waals surface area contributed by atoms with Crippen LogP contribution in [0.1, 0.15) is 23.9 Å². The quantitative estimate of drug-likeness (QED) is 0.635. The van der Waals surface area contributed by atoms with Gasteiger partial charge in [-0.3, -0.25) is 4.79 Å². The van der Waals surface area contributed by atoms with Gasteiger partial charge in [-0.2, -0.15) is 0 Å². The summed E-state index contributed by atoms with van der Waals surface area (Å²) in [5, 5.41) is 3.13. The third-order valence-electron chi connectivity index (χ3n) is 4.50. The number of fused-ring (bicyclic) bond motifs is 1. The van der Waals surface area contributed by atoms with Crippen molar-refractivity contribution in [3.63, 3.8) is 0 Å². The molecular formula is C21H19FN2O2S. The second kappa shape index (κ2) is 7.48. The summed E-state index contributed by atoms with van der Waals surface area (Å²) < 4.78 is 19.7. The van der Waals surface area contributed by atoms with Gasteiger partial charge < -0.3 is 9.64 Å². The molecule has 0 radical (unpaired) electrons. The minimum Gasteiger partial charge on any atom is -0.482 e. The van der Waals surface area contributed by atoms with Crippen LogP contribution in [0, 0.1) is 5.82 Å². The van der Waals surface area contributed by atoms with E-state index in [4.69, 9.17) is 4.74 Å². The van der Waals surface area contributed by atoms with Gasteiger partial charge in [0.1, 0.15) is 11.6 Å². The number of rotatable bonds is 5. The van der Waals surface area contributed by atoms with Crippen LogP contribution in [0.15, 0.2) is 47.8 Å². The molecule has 138 valence electrons. The number of anilines is 1. The maximum atomic E-state index is 14.1. The molecule has 0 saturated carbocycles. The first-order chi connectivity index (χ1) is 13.2. The largest absolute Gasteiger partial charge is 0.482 e. The third-order valence-corrected chi connectivity index (χ3v) is 5.41. The molecule has 4 rings (SSSR count). The number of aryl methyl sites for hydroxylation is 1. The Hall–Kier alpha value is -2.73. The molecule has 27 heavy (non-hydrogen) atoms.